The van der Waals surface area contributed by atoms with Crippen LogP contribution in [-0.4, -0.2) is 58.5 Å². The van der Waals surface area contributed by atoms with Gasteiger partial charge in [0.1, 0.15) is 11.4 Å². The SMILES string of the molecule is Cc1cccc(F)c1C(=O)N1CCCC12CCCN(CCO)C2=O. The van der Waals surface area contributed by atoms with Crippen LogP contribution in [0.3, 0.4) is 0 Å². The quantitative estimate of drug-likeness (QED) is 0.916. The largest absolute Gasteiger partial charge is 0.395 e. The molecule has 0 radical (unpaired) electrons. The van der Waals surface area contributed by atoms with Gasteiger partial charge in [0.15, 0.2) is 0 Å². The molecule has 3 rings (SSSR count). The Bertz CT molecular complexity index is 641. The molecule has 2 amide bonds. The molecule has 1 atom stereocenters. The maximum absolute atomic E-state index is 14.2. The molecule has 0 saturated carbocycles. The number of likely N-dealkylation sites (tertiary alicyclic amines) is 2. The molecule has 2 aliphatic rings. The molecule has 1 spiro atoms. The van der Waals surface area contributed by atoms with Crippen molar-refractivity contribution in [3.8, 4) is 0 Å². The van der Waals surface area contributed by atoms with Crippen molar-refractivity contribution in [2.24, 2.45) is 0 Å². The molecule has 0 aromatic heterocycles. The Hall–Kier alpha value is -1.95. The van der Waals surface area contributed by atoms with E-state index in [1.54, 1.807) is 28.9 Å². The summed E-state index contributed by atoms with van der Waals surface area (Å²) in [5.74, 6) is -1.05. The van der Waals surface area contributed by atoms with E-state index in [1.807, 2.05) is 0 Å². The van der Waals surface area contributed by atoms with Crippen LogP contribution in [0.1, 0.15) is 41.6 Å². The number of aryl methyl sites for hydroxylation is 1. The smallest absolute Gasteiger partial charge is 0.257 e. The molecule has 0 aliphatic carbocycles. The minimum Gasteiger partial charge on any atom is -0.395 e. The fraction of sp³-hybridized carbons (Fsp3) is 0.556. The lowest BCUT2D eigenvalue weighted by atomic mass is 9.85. The number of piperidine rings is 1. The molecular formula is C18H23FN2O3. The number of aliphatic hydroxyl groups excluding tert-OH is 1. The van der Waals surface area contributed by atoms with Crippen LogP contribution < -0.4 is 0 Å². The fourth-order valence-corrected chi connectivity index (χ4v) is 4.09. The van der Waals surface area contributed by atoms with Gasteiger partial charge in [-0.3, -0.25) is 9.59 Å². The zero-order valence-electron chi connectivity index (χ0n) is 13.9. The summed E-state index contributed by atoms with van der Waals surface area (Å²) < 4.78 is 14.2. The van der Waals surface area contributed by atoms with Crippen LogP contribution >= 0.6 is 0 Å². The molecule has 2 heterocycles. The second-order valence-electron chi connectivity index (χ2n) is 6.64. The lowest BCUT2D eigenvalue weighted by Gasteiger charge is -2.44. The molecule has 1 aromatic carbocycles. The van der Waals surface area contributed by atoms with E-state index in [0.29, 0.717) is 31.5 Å². The first kappa shape index (κ1) is 16.9. The number of hydrogen-bond donors (Lipinski definition) is 1. The Kier molecular flexibility index (Phi) is 4.58. The zero-order valence-corrected chi connectivity index (χ0v) is 13.9. The fourth-order valence-electron chi connectivity index (χ4n) is 4.09. The van der Waals surface area contributed by atoms with Gasteiger partial charge < -0.3 is 14.9 Å². The minimum atomic E-state index is -0.876. The van der Waals surface area contributed by atoms with Gasteiger partial charge in [-0.05, 0) is 44.2 Å². The zero-order chi connectivity index (χ0) is 17.3. The second kappa shape index (κ2) is 6.51. The predicted octanol–water partition coefficient (Wildman–Crippen LogP) is 1.72. The number of rotatable bonds is 3. The molecule has 1 aromatic rings. The van der Waals surface area contributed by atoms with Gasteiger partial charge in [-0.15, -0.1) is 0 Å². The maximum Gasteiger partial charge on any atom is 0.257 e. The van der Waals surface area contributed by atoms with Crippen molar-refractivity contribution in [1.82, 2.24) is 9.80 Å². The van der Waals surface area contributed by atoms with Crippen molar-refractivity contribution in [1.29, 1.82) is 0 Å². The summed E-state index contributed by atoms with van der Waals surface area (Å²) in [5, 5.41) is 9.17. The molecule has 24 heavy (non-hydrogen) atoms. The number of carbonyl (C=O) groups is 2. The van der Waals surface area contributed by atoms with Crippen LogP contribution in [0, 0.1) is 12.7 Å². The van der Waals surface area contributed by atoms with E-state index in [-0.39, 0.29) is 24.6 Å². The minimum absolute atomic E-state index is 0.0610. The van der Waals surface area contributed by atoms with Crippen LogP contribution in [-0.2, 0) is 4.79 Å². The Labute approximate surface area is 141 Å². The highest BCUT2D eigenvalue weighted by Gasteiger charge is 2.53. The molecule has 1 unspecified atom stereocenters. The molecule has 1 N–H and O–H groups in total. The summed E-state index contributed by atoms with van der Waals surface area (Å²) in [6.45, 7) is 2.95. The molecule has 6 heteroatoms. The predicted molar refractivity (Wildman–Crippen MR) is 87.0 cm³/mol. The molecule has 5 nitrogen and oxygen atoms in total. The summed E-state index contributed by atoms with van der Waals surface area (Å²) in [6, 6.07) is 4.57. The summed E-state index contributed by atoms with van der Waals surface area (Å²) in [7, 11) is 0. The number of amides is 2. The lowest BCUT2D eigenvalue weighted by Crippen LogP contribution is -2.61. The molecule has 2 fully saturated rings. The highest BCUT2D eigenvalue weighted by Crippen LogP contribution is 2.39. The average Bonchev–Trinajstić information content (AvgIpc) is 2.96. The van der Waals surface area contributed by atoms with Gasteiger partial charge in [-0.1, -0.05) is 12.1 Å². The van der Waals surface area contributed by atoms with Crippen LogP contribution in [0.2, 0.25) is 0 Å². The molecule has 2 saturated heterocycles. The van der Waals surface area contributed by atoms with Gasteiger partial charge in [0.25, 0.3) is 5.91 Å². The van der Waals surface area contributed by atoms with Crippen molar-refractivity contribution in [3.63, 3.8) is 0 Å². The van der Waals surface area contributed by atoms with Gasteiger partial charge in [0.05, 0.1) is 12.2 Å². The third-order valence-electron chi connectivity index (χ3n) is 5.24. The number of β-amino-alcohol motifs (C(OH)–C–C–N with tert-alkyl or cyclic N) is 1. The number of halogens is 1. The van der Waals surface area contributed by atoms with E-state index in [2.05, 4.69) is 0 Å². The lowest BCUT2D eigenvalue weighted by molar-refractivity contribution is -0.146. The van der Waals surface area contributed by atoms with Gasteiger partial charge in [0.2, 0.25) is 5.91 Å². The number of carbonyl (C=O) groups excluding carboxylic acids is 2. The van der Waals surface area contributed by atoms with Crippen LogP contribution in [0.5, 0.6) is 0 Å². The van der Waals surface area contributed by atoms with Crippen molar-refractivity contribution < 1.29 is 19.1 Å². The summed E-state index contributed by atoms with van der Waals surface area (Å²) in [4.78, 5) is 29.2. The number of benzene rings is 1. The highest BCUT2D eigenvalue weighted by atomic mass is 19.1. The average molecular weight is 334 g/mol. The van der Waals surface area contributed by atoms with Crippen LogP contribution in [0.25, 0.3) is 0 Å². The van der Waals surface area contributed by atoms with E-state index in [1.165, 1.54) is 6.07 Å². The van der Waals surface area contributed by atoms with E-state index >= 15 is 0 Å². The van der Waals surface area contributed by atoms with Gasteiger partial charge >= 0.3 is 0 Å². The Morgan fingerprint density at radius 1 is 1.29 bits per heavy atom. The van der Waals surface area contributed by atoms with Crippen molar-refractivity contribution in [3.05, 3.63) is 35.1 Å². The standard InChI is InChI=1S/C18H23FN2O3/c1-13-5-2-6-14(19)15(13)16(23)21-10-4-8-18(21)7-3-9-20(11-12-22)17(18)24/h2,5-6,22H,3-4,7-12H2,1H3. The van der Waals surface area contributed by atoms with Gasteiger partial charge in [0, 0.05) is 19.6 Å². The Morgan fingerprint density at radius 3 is 2.67 bits per heavy atom. The molecule has 0 bridgehead atoms. The topological polar surface area (TPSA) is 60.9 Å². The van der Waals surface area contributed by atoms with Gasteiger partial charge in [-0.2, -0.15) is 0 Å². The van der Waals surface area contributed by atoms with Crippen molar-refractivity contribution in [2.75, 3.05) is 26.2 Å². The second-order valence-corrected chi connectivity index (χ2v) is 6.64. The van der Waals surface area contributed by atoms with E-state index < -0.39 is 17.3 Å². The first-order chi connectivity index (χ1) is 11.5. The summed E-state index contributed by atoms with van der Waals surface area (Å²) in [5.41, 5.74) is -0.234. The summed E-state index contributed by atoms with van der Waals surface area (Å²) in [6.07, 6.45) is 2.73. The highest BCUT2D eigenvalue weighted by molar-refractivity contribution is 6.01. The summed E-state index contributed by atoms with van der Waals surface area (Å²) >= 11 is 0. The Morgan fingerprint density at radius 2 is 2.00 bits per heavy atom. The normalized spacial score (nSPS) is 24.0. The van der Waals surface area contributed by atoms with Gasteiger partial charge in [-0.25, -0.2) is 4.39 Å². The first-order valence-corrected chi connectivity index (χ1v) is 8.48. The third-order valence-corrected chi connectivity index (χ3v) is 5.24. The van der Waals surface area contributed by atoms with Crippen LogP contribution in [0.15, 0.2) is 18.2 Å². The first-order valence-electron chi connectivity index (χ1n) is 8.48. The monoisotopic (exact) mass is 334 g/mol. The number of hydrogen-bond acceptors (Lipinski definition) is 3. The number of nitrogens with zero attached hydrogens (tertiary/aromatic N) is 2. The Balaban J connectivity index is 1.95. The van der Waals surface area contributed by atoms with Crippen molar-refractivity contribution in [2.45, 2.75) is 38.1 Å². The maximum atomic E-state index is 14.2. The third kappa shape index (κ3) is 2.59. The molecular weight excluding hydrogens is 311 g/mol. The van der Waals surface area contributed by atoms with Crippen molar-refractivity contribution >= 4 is 11.8 Å². The number of aliphatic hydroxyl groups is 1. The molecule has 2 aliphatic heterocycles. The van der Waals surface area contributed by atoms with Crippen LogP contribution in [0.4, 0.5) is 4.39 Å². The molecule has 130 valence electrons. The van der Waals surface area contributed by atoms with E-state index in [4.69, 9.17) is 5.11 Å². The van der Waals surface area contributed by atoms with E-state index in [9.17, 15) is 14.0 Å². The van der Waals surface area contributed by atoms with E-state index in [0.717, 1.165) is 12.8 Å².